The summed E-state index contributed by atoms with van der Waals surface area (Å²) in [7, 11) is -3.71. The van der Waals surface area contributed by atoms with Crippen molar-refractivity contribution in [2.24, 2.45) is 5.16 Å². The summed E-state index contributed by atoms with van der Waals surface area (Å²) in [4.78, 5) is 44.4. The molecule has 0 bridgehead atoms. The molecular formula is C36H32Cl3NO10S. The molecule has 4 aromatic carbocycles. The van der Waals surface area contributed by atoms with Crippen molar-refractivity contribution < 1.29 is 46.0 Å². The molecular weight excluding hydrogens is 745 g/mol. The topological polar surface area (TPSA) is 144 Å². The maximum Gasteiger partial charge on any atom is 0.338 e. The molecule has 3 atom stereocenters. The van der Waals surface area contributed by atoms with Crippen molar-refractivity contribution in [3.63, 3.8) is 0 Å². The van der Waals surface area contributed by atoms with Crippen molar-refractivity contribution in [2.75, 3.05) is 13.7 Å². The van der Waals surface area contributed by atoms with E-state index in [4.69, 9.17) is 58.0 Å². The van der Waals surface area contributed by atoms with Crippen LogP contribution in [0.2, 0.25) is 15.1 Å². The molecule has 11 nitrogen and oxygen atoms in total. The fourth-order valence-corrected chi connectivity index (χ4v) is 6.49. The molecule has 0 amide bonds. The van der Waals surface area contributed by atoms with Crippen molar-refractivity contribution in [3.05, 3.63) is 133 Å². The first-order valence-corrected chi connectivity index (χ1v) is 17.7. The summed E-state index contributed by atoms with van der Waals surface area (Å²) >= 11 is 18.4. The van der Waals surface area contributed by atoms with Gasteiger partial charge in [-0.3, -0.25) is 4.18 Å². The summed E-state index contributed by atoms with van der Waals surface area (Å²) in [5.41, 5.74) is 2.88. The molecule has 4 aromatic rings. The Hall–Kier alpha value is -4.46. The molecule has 0 heterocycles. The highest BCUT2D eigenvalue weighted by Crippen LogP contribution is 2.33. The highest BCUT2D eigenvalue weighted by molar-refractivity contribution is 7.87. The van der Waals surface area contributed by atoms with Gasteiger partial charge in [-0.15, -0.1) is 0 Å². The Morgan fingerprint density at radius 1 is 0.686 bits per heavy atom. The van der Waals surface area contributed by atoms with Gasteiger partial charge in [0.15, 0.2) is 18.3 Å². The number of oxime groups is 1. The van der Waals surface area contributed by atoms with Crippen LogP contribution in [0.1, 0.15) is 47.8 Å². The molecule has 0 spiro atoms. The summed E-state index contributed by atoms with van der Waals surface area (Å²) in [6.07, 6.45) is -4.47. The van der Waals surface area contributed by atoms with Crippen LogP contribution in [0.4, 0.5) is 0 Å². The Labute approximate surface area is 310 Å². The first kappa shape index (κ1) is 39.3. The number of rotatable bonds is 14. The summed E-state index contributed by atoms with van der Waals surface area (Å²) in [5.74, 6) is -2.73. The zero-order valence-electron chi connectivity index (χ0n) is 27.7. The van der Waals surface area contributed by atoms with Crippen molar-refractivity contribution in [1.29, 1.82) is 0 Å². The average Bonchev–Trinajstić information content (AvgIpc) is 3.09. The Balaban J connectivity index is 1.82. The summed E-state index contributed by atoms with van der Waals surface area (Å²) < 4.78 is 50.4. The predicted molar refractivity (Wildman–Crippen MR) is 191 cm³/mol. The standard InChI is InChI=1S/C36H32Cl3NO10S/c1-21-5-11-24(12-6-21)34(41)47-20-31(50-51(44,45)32-18-28(38)27(37)17-29(32)39)33(49-36(43)26-15-9-23(3)10-16-26)30(19-40-46-4)48-35(42)25-13-7-22(2)8-14-25/h5-19,30-31,33H,20H2,1-4H3/t30-,31-,33+/m0/s1. The second-order valence-corrected chi connectivity index (χ2v) is 13.9. The van der Waals surface area contributed by atoms with Crippen molar-refractivity contribution in [2.45, 2.75) is 44.0 Å². The van der Waals surface area contributed by atoms with E-state index < -0.39 is 57.8 Å². The molecule has 268 valence electrons. The van der Waals surface area contributed by atoms with Crippen LogP contribution in [0.3, 0.4) is 0 Å². The summed E-state index contributed by atoms with van der Waals surface area (Å²) in [6, 6.07) is 21.0. The third-order valence-corrected chi connectivity index (χ3v) is 9.75. The SMILES string of the molecule is CON=C[C@H](OC(=O)c1ccc(C)cc1)[C@@H](OC(=O)c1ccc(C)cc1)[C@H](COC(=O)c1ccc(C)cc1)OS(=O)(=O)c1cc(Cl)c(Cl)cc1Cl. The van der Waals surface area contributed by atoms with Gasteiger partial charge in [-0.25, -0.2) is 14.4 Å². The number of hydrogen-bond donors (Lipinski definition) is 0. The lowest BCUT2D eigenvalue weighted by Crippen LogP contribution is -2.48. The number of ether oxygens (including phenoxy) is 3. The number of hydrogen-bond acceptors (Lipinski definition) is 11. The van der Waals surface area contributed by atoms with Gasteiger partial charge in [-0.1, -0.05) is 93.0 Å². The minimum atomic E-state index is -4.91. The minimum Gasteiger partial charge on any atom is -0.459 e. The molecule has 4 rings (SSSR count). The number of carbonyl (C=O) groups excluding carboxylic acids is 3. The first-order valence-electron chi connectivity index (χ1n) is 15.1. The third-order valence-electron chi connectivity index (χ3n) is 7.22. The van der Waals surface area contributed by atoms with E-state index in [1.54, 1.807) is 36.4 Å². The maximum absolute atomic E-state index is 13.8. The monoisotopic (exact) mass is 775 g/mol. The van der Waals surface area contributed by atoms with E-state index in [0.29, 0.717) is 0 Å². The fourth-order valence-electron chi connectivity index (χ4n) is 4.44. The van der Waals surface area contributed by atoms with Crippen LogP contribution in [0, 0.1) is 20.8 Å². The number of benzene rings is 4. The van der Waals surface area contributed by atoms with Crippen molar-refractivity contribution in [1.82, 2.24) is 0 Å². The van der Waals surface area contributed by atoms with E-state index in [2.05, 4.69) is 5.16 Å². The number of esters is 3. The van der Waals surface area contributed by atoms with E-state index in [9.17, 15) is 22.8 Å². The maximum atomic E-state index is 13.8. The van der Waals surface area contributed by atoms with Crippen LogP contribution in [0.15, 0.2) is 95.0 Å². The highest BCUT2D eigenvalue weighted by Gasteiger charge is 2.41. The van der Waals surface area contributed by atoms with E-state index >= 15 is 0 Å². The number of carbonyl (C=O) groups is 3. The molecule has 51 heavy (non-hydrogen) atoms. The van der Waals surface area contributed by atoms with Crippen LogP contribution in [-0.2, 0) is 33.3 Å². The molecule has 0 aliphatic carbocycles. The van der Waals surface area contributed by atoms with Crippen molar-refractivity contribution >= 4 is 69.0 Å². The van der Waals surface area contributed by atoms with Crippen LogP contribution in [0.25, 0.3) is 0 Å². The lowest BCUT2D eigenvalue weighted by Gasteiger charge is -2.30. The molecule has 0 unspecified atom stereocenters. The molecule has 0 saturated heterocycles. The highest BCUT2D eigenvalue weighted by atomic mass is 35.5. The zero-order valence-corrected chi connectivity index (χ0v) is 30.8. The van der Waals surface area contributed by atoms with Crippen LogP contribution >= 0.6 is 34.8 Å². The quantitative estimate of drug-likeness (QED) is 0.0314. The zero-order chi connectivity index (χ0) is 37.3. The second kappa shape index (κ2) is 17.7. The normalized spacial score (nSPS) is 13.2. The number of halogens is 3. The largest absolute Gasteiger partial charge is 0.459 e. The van der Waals surface area contributed by atoms with Gasteiger partial charge in [0.25, 0.3) is 10.1 Å². The predicted octanol–water partition coefficient (Wildman–Crippen LogP) is 7.59. The van der Waals surface area contributed by atoms with Gasteiger partial charge in [0, 0.05) is 0 Å². The van der Waals surface area contributed by atoms with Gasteiger partial charge in [0.2, 0.25) is 0 Å². The van der Waals surface area contributed by atoms with Gasteiger partial charge in [0.05, 0.1) is 38.0 Å². The van der Waals surface area contributed by atoms with Gasteiger partial charge in [-0.2, -0.15) is 8.42 Å². The Morgan fingerprint density at radius 2 is 1.14 bits per heavy atom. The molecule has 0 N–H and O–H groups in total. The van der Waals surface area contributed by atoms with E-state index in [-0.39, 0.29) is 31.8 Å². The van der Waals surface area contributed by atoms with Gasteiger partial charge >= 0.3 is 17.9 Å². The summed E-state index contributed by atoms with van der Waals surface area (Å²) in [5, 5.41) is 3.16. The minimum absolute atomic E-state index is 0.0343. The molecule has 15 heteroatoms. The molecule has 0 radical (unpaired) electrons. The van der Waals surface area contributed by atoms with Gasteiger partial charge in [0.1, 0.15) is 18.6 Å². The number of nitrogens with zero attached hydrogens (tertiary/aromatic N) is 1. The average molecular weight is 777 g/mol. The molecule has 0 saturated carbocycles. The molecule has 0 aliphatic heterocycles. The van der Waals surface area contributed by atoms with E-state index in [1.807, 2.05) is 20.8 Å². The fraction of sp³-hybridized carbons (Fsp3) is 0.222. The smallest absolute Gasteiger partial charge is 0.338 e. The van der Waals surface area contributed by atoms with E-state index in [0.717, 1.165) is 35.0 Å². The Kier molecular flexibility index (Phi) is 13.6. The van der Waals surface area contributed by atoms with Gasteiger partial charge in [-0.05, 0) is 69.3 Å². The van der Waals surface area contributed by atoms with Crippen LogP contribution in [0.5, 0.6) is 0 Å². The second-order valence-electron chi connectivity index (χ2n) is 11.2. The van der Waals surface area contributed by atoms with Crippen LogP contribution < -0.4 is 0 Å². The molecule has 0 fully saturated rings. The van der Waals surface area contributed by atoms with Crippen LogP contribution in [-0.4, -0.2) is 64.6 Å². The number of aryl methyl sites for hydroxylation is 3. The Bertz CT molecular complexity index is 2000. The lowest BCUT2D eigenvalue weighted by atomic mass is 10.1. The van der Waals surface area contributed by atoms with E-state index in [1.165, 1.54) is 43.5 Å². The lowest BCUT2D eigenvalue weighted by molar-refractivity contribution is -0.0685. The summed E-state index contributed by atoms with van der Waals surface area (Å²) in [6.45, 7) is 4.61. The van der Waals surface area contributed by atoms with Gasteiger partial charge < -0.3 is 19.0 Å². The molecule has 0 aromatic heterocycles. The third kappa shape index (κ3) is 10.8. The van der Waals surface area contributed by atoms with Crippen molar-refractivity contribution in [3.8, 4) is 0 Å². The Morgan fingerprint density at radius 3 is 1.63 bits per heavy atom. The first-order chi connectivity index (χ1) is 24.2. The molecule has 0 aliphatic rings.